The van der Waals surface area contributed by atoms with Crippen LogP contribution in [0.2, 0.25) is 0 Å². The number of rotatable bonds is 2. The lowest BCUT2D eigenvalue weighted by molar-refractivity contribution is 0.346. The molecule has 9 heteroatoms. The van der Waals surface area contributed by atoms with E-state index in [2.05, 4.69) is 25.8 Å². The molecule has 0 radical (unpaired) electrons. The summed E-state index contributed by atoms with van der Waals surface area (Å²) >= 11 is 4.95. The van der Waals surface area contributed by atoms with Crippen LogP contribution in [-0.2, 0) is 5.41 Å². The third-order valence-electron chi connectivity index (χ3n) is 5.79. The summed E-state index contributed by atoms with van der Waals surface area (Å²) in [5, 5.41) is 18.9. The van der Waals surface area contributed by atoms with Crippen LogP contribution in [0.1, 0.15) is 42.5 Å². The second-order valence-electron chi connectivity index (χ2n) is 7.37. The highest BCUT2D eigenvalue weighted by molar-refractivity contribution is 7.39. The molecule has 1 spiro atoms. The molecule has 5 rings (SSSR count). The van der Waals surface area contributed by atoms with Crippen molar-refractivity contribution in [3.05, 3.63) is 45.0 Å². The van der Waals surface area contributed by atoms with Gasteiger partial charge in [0, 0.05) is 22.6 Å². The minimum atomic E-state index is -0.218. The van der Waals surface area contributed by atoms with Gasteiger partial charge in [0.1, 0.15) is 17.8 Å². The minimum absolute atomic E-state index is 0.106. The van der Waals surface area contributed by atoms with Gasteiger partial charge >= 0.3 is 11.7 Å². The summed E-state index contributed by atoms with van der Waals surface area (Å²) in [7, 11) is 0. The van der Waals surface area contributed by atoms with E-state index in [1.807, 2.05) is 18.2 Å². The lowest BCUT2D eigenvalue weighted by atomic mass is 9.70. The van der Waals surface area contributed by atoms with Crippen molar-refractivity contribution in [3.8, 4) is 12.1 Å². The van der Waals surface area contributed by atoms with Crippen molar-refractivity contribution in [1.82, 2.24) is 0 Å². The van der Waals surface area contributed by atoms with Gasteiger partial charge in [0.25, 0.3) is 0 Å². The first-order valence-electron chi connectivity index (χ1n) is 9.57. The molecule has 0 bridgehead atoms. The van der Waals surface area contributed by atoms with Crippen molar-refractivity contribution in [2.75, 3.05) is 0 Å². The van der Waals surface area contributed by atoms with Crippen LogP contribution < -0.4 is 0 Å². The van der Waals surface area contributed by atoms with Crippen molar-refractivity contribution >= 4 is 75.6 Å². The van der Waals surface area contributed by atoms with Gasteiger partial charge < -0.3 is 9.69 Å². The number of nitrogens with zero attached hydrogens (tertiary/aromatic N) is 6. The van der Waals surface area contributed by atoms with Crippen LogP contribution in [-0.4, -0.2) is 11.7 Å². The van der Waals surface area contributed by atoms with Gasteiger partial charge in [-0.2, -0.15) is 0 Å². The summed E-state index contributed by atoms with van der Waals surface area (Å²) in [5.74, 6) is -0.260. The quantitative estimate of drug-likeness (QED) is 0.235. The Bertz CT molecular complexity index is 1480. The summed E-state index contributed by atoms with van der Waals surface area (Å²) in [4.78, 5) is 16.3. The summed E-state index contributed by atoms with van der Waals surface area (Å²) < 4.78 is 4.72. The number of amidine groups is 2. The average Bonchev–Trinajstić information content (AvgIpc) is 3.49. The highest BCUT2D eigenvalue weighted by Crippen LogP contribution is 2.59. The van der Waals surface area contributed by atoms with E-state index in [9.17, 15) is 5.26 Å². The summed E-state index contributed by atoms with van der Waals surface area (Å²) in [5.41, 5.74) is 1.95. The van der Waals surface area contributed by atoms with Gasteiger partial charge in [-0.3, -0.25) is 0 Å². The molecule has 0 amide bonds. The predicted octanol–water partition coefficient (Wildman–Crippen LogP) is 7.05. The molecule has 1 fully saturated rings. The Kier molecular flexibility index (Phi) is 4.69. The normalized spacial score (nSPS) is 17.7. The van der Waals surface area contributed by atoms with Crippen molar-refractivity contribution in [2.24, 2.45) is 9.98 Å². The van der Waals surface area contributed by atoms with E-state index >= 15 is 0 Å². The molecule has 0 unspecified atom stereocenters. The Balaban J connectivity index is 1.70. The summed E-state index contributed by atoms with van der Waals surface area (Å²) in [6.45, 7) is 14.3. The van der Waals surface area contributed by atoms with Crippen LogP contribution in [0.15, 0.2) is 21.7 Å². The van der Waals surface area contributed by atoms with Gasteiger partial charge in [0.15, 0.2) is 0 Å². The number of hydrogen-bond donors (Lipinski definition) is 0. The average molecular weight is 457 g/mol. The lowest BCUT2D eigenvalue weighted by Gasteiger charge is -2.33. The first-order chi connectivity index (χ1) is 15.1. The number of allylic oxidation sites excluding steroid dienone is 1. The minimum Gasteiger partial charge on any atom is -0.351 e. The van der Waals surface area contributed by atoms with Crippen LogP contribution in [0, 0.1) is 35.8 Å². The summed E-state index contributed by atoms with van der Waals surface area (Å²) in [6.07, 6.45) is 7.45. The van der Waals surface area contributed by atoms with Crippen LogP contribution in [0.3, 0.4) is 0 Å². The van der Waals surface area contributed by atoms with E-state index in [1.165, 1.54) is 37.6 Å². The molecule has 6 nitrogen and oxygen atoms in total. The number of hydrogen-bond acceptors (Lipinski definition) is 7. The van der Waals surface area contributed by atoms with E-state index in [-0.39, 0.29) is 17.1 Å². The van der Waals surface area contributed by atoms with Gasteiger partial charge in [0.05, 0.1) is 24.2 Å². The number of aliphatic imine (C=N–C) groups is 2. The fourth-order valence-electron chi connectivity index (χ4n) is 4.56. The molecular formula is C22H12N6S3. The van der Waals surface area contributed by atoms with Crippen molar-refractivity contribution in [3.63, 3.8) is 0 Å². The van der Waals surface area contributed by atoms with Gasteiger partial charge in [-0.25, -0.2) is 10.5 Å². The molecule has 0 N–H and O–H groups in total. The lowest BCUT2D eigenvalue weighted by Crippen LogP contribution is -2.28. The van der Waals surface area contributed by atoms with E-state index in [4.69, 9.17) is 18.4 Å². The Morgan fingerprint density at radius 3 is 2.32 bits per heavy atom. The van der Waals surface area contributed by atoms with E-state index in [1.54, 1.807) is 22.7 Å². The molecule has 0 aliphatic heterocycles. The van der Waals surface area contributed by atoms with Gasteiger partial charge in [-0.1, -0.05) is 48.7 Å². The third kappa shape index (κ3) is 2.91. The zero-order chi connectivity index (χ0) is 21.6. The molecule has 148 valence electrons. The predicted molar refractivity (Wildman–Crippen MR) is 127 cm³/mol. The zero-order valence-electron chi connectivity index (χ0n) is 16.1. The molecule has 2 aliphatic rings. The molecule has 2 aliphatic carbocycles. The van der Waals surface area contributed by atoms with Crippen molar-refractivity contribution in [2.45, 2.75) is 37.5 Å². The zero-order valence-corrected chi connectivity index (χ0v) is 18.5. The molecule has 0 atom stereocenters. The molecule has 0 saturated heterocycles. The number of nitriles is 2. The first kappa shape index (κ1) is 19.6. The number of thiophene rings is 3. The maximum absolute atomic E-state index is 9.24. The topological polar surface area (TPSA) is 81.0 Å². The Hall–Kier alpha value is -3.34. The van der Waals surface area contributed by atoms with Gasteiger partial charge in [0.2, 0.25) is 5.00 Å². The first-order valence-corrected chi connectivity index (χ1v) is 12.0. The Morgan fingerprint density at radius 2 is 1.65 bits per heavy atom. The smallest absolute Gasteiger partial charge is 0.350 e. The van der Waals surface area contributed by atoms with Crippen LogP contribution in [0.25, 0.3) is 34.6 Å². The van der Waals surface area contributed by atoms with Crippen LogP contribution >= 0.6 is 34.0 Å². The monoisotopic (exact) mass is 456 g/mol. The highest BCUT2D eigenvalue weighted by Gasteiger charge is 2.48. The van der Waals surface area contributed by atoms with E-state index < -0.39 is 0 Å². The summed E-state index contributed by atoms with van der Waals surface area (Å²) in [6, 6.07) is 5.68. The maximum atomic E-state index is 9.24. The molecule has 3 aromatic rings. The van der Waals surface area contributed by atoms with E-state index in [0.29, 0.717) is 5.00 Å². The van der Waals surface area contributed by atoms with Crippen LogP contribution in [0.4, 0.5) is 5.00 Å². The molecule has 1 saturated carbocycles. The molecule has 0 aromatic carbocycles. The maximum Gasteiger partial charge on any atom is 0.350 e. The standard InChI is InChI=1S/C22H12N6S3/c1-25-15(10-23)27-14-8-12-18(22(14)6-4-3-5-7-22)20-21(29-12)19-13(30-20)9-17(31-19)28-16(11-24)26-2/h8-9H,3-7H2/b27-15?,28-16-. The van der Waals surface area contributed by atoms with Crippen molar-refractivity contribution < 1.29 is 0 Å². The largest absolute Gasteiger partial charge is 0.351 e. The molecule has 31 heavy (non-hydrogen) atoms. The second kappa shape index (κ2) is 7.41. The fourth-order valence-corrected chi connectivity index (χ4v) is 8.82. The Labute approximate surface area is 190 Å². The van der Waals surface area contributed by atoms with Gasteiger partial charge in [-0.05, 0) is 12.8 Å². The second-order valence-corrected chi connectivity index (χ2v) is 10.5. The molecular weight excluding hydrogens is 444 g/mol. The fraction of sp³-hybridized carbons (Fsp3) is 0.273. The molecule has 3 heterocycles. The van der Waals surface area contributed by atoms with Gasteiger partial charge in [-0.15, -0.1) is 27.7 Å². The van der Waals surface area contributed by atoms with Crippen molar-refractivity contribution in [1.29, 1.82) is 10.5 Å². The Morgan fingerprint density at radius 1 is 0.935 bits per heavy atom. The number of fused-ring (bicyclic) bond motifs is 6. The highest BCUT2D eigenvalue weighted by atomic mass is 32.1. The van der Waals surface area contributed by atoms with E-state index in [0.717, 1.165) is 40.8 Å². The SMILES string of the molecule is [C-]#[N+]C(C#N)=NC1=Cc2sc3c(sc4cc(/N=C(/C#N)[N+]#[C-])sc43)c2C12CCCCC2. The molecule has 3 aromatic heterocycles. The third-order valence-corrected chi connectivity index (χ3v) is 9.54. The van der Waals surface area contributed by atoms with Crippen LogP contribution in [0.5, 0.6) is 0 Å².